The van der Waals surface area contributed by atoms with E-state index in [9.17, 15) is 4.79 Å². The van der Waals surface area contributed by atoms with Crippen molar-refractivity contribution in [1.29, 1.82) is 0 Å². The van der Waals surface area contributed by atoms with Crippen LogP contribution in [0.4, 0.5) is 0 Å². The quantitative estimate of drug-likeness (QED) is 0.384. The van der Waals surface area contributed by atoms with Crippen molar-refractivity contribution in [3.63, 3.8) is 0 Å². The van der Waals surface area contributed by atoms with E-state index in [1.54, 1.807) is 13.4 Å². The Labute approximate surface area is 190 Å². The lowest BCUT2D eigenvalue weighted by Crippen LogP contribution is -2.24. The SMILES string of the molecule is COc1cccc(-c2nnc(SCC(=O)NCc3ccc(C)cc3)n2Cc2ccco2)c1. The van der Waals surface area contributed by atoms with Crippen LogP contribution in [0.1, 0.15) is 16.9 Å². The molecule has 0 aliphatic carbocycles. The van der Waals surface area contributed by atoms with Crippen molar-refractivity contribution in [2.75, 3.05) is 12.9 Å². The van der Waals surface area contributed by atoms with Gasteiger partial charge in [0, 0.05) is 12.1 Å². The number of thioether (sulfide) groups is 1. The molecule has 0 saturated heterocycles. The van der Waals surface area contributed by atoms with Crippen LogP contribution in [0.2, 0.25) is 0 Å². The molecule has 0 fully saturated rings. The van der Waals surface area contributed by atoms with Crippen molar-refractivity contribution >= 4 is 17.7 Å². The molecular formula is C24H24N4O3S. The van der Waals surface area contributed by atoms with E-state index in [1.807, 2.05) is 72.2 Å². The Balaban J connectivity index is 1.48. The van der Waals surface area contributed by atoms with Gasteiger partial charge in [-0.1, -0.05) is 53.7 Å². The largest absolute Gasteiger partial charge is 0.497 e. The Hall–Kier alpha value is -3.52. The second-order valence-electron chi connectivity index (χ2n) is 7.25. The number of carbonyl (C=O) groups is 1. The summed E-state index contributed by atoms with van der Waals surface area (Å²) in [5, 5.41) is 12.3. The van der Waals surface area contributed by atoms with Crippen LogP contribution in [-0.4, -0.2) is 33.5 Å². The summed E-state index contributed by atoms with van der Waals surface area (Å²) in [7, 11) is 1.63. The molecule has 4 rings (SSSR count). The summed E-state index contributed by atoms with van der Waals surface area (Å²) in [6, 6.07) is 19.5. The first-order valence-corrected chi connectivity index (χ1v) is 11.2. The number of nitrogens with zero attached hydrogens (tertiary/aromatic N) is 3. The van der Waals surface area contributed by atoms with Crippen molar-refractivity contribution in [2.24, 2.45) is 0 Å². The van der Waals surface area contributed by atoms with Crippen molar-refractivity contribution in [3.05, 3.63) is 83.8 Å². The molecule has 0 atom stereocenters. The highest BCUT2D eigenvalue weighted by Crippen LogP contribution is 2.27. The van der Waals surface area contributed by atoms with Crippen LogP contribution in [0.15, 0.2) is 76.5 Å². The van der Waals surface area contributed by atoms with Gasteiger partial charge in [0.2, 0.25) is 5.91 Å². The number of ether oxygens (including phenoxy) is 1. The van der Waals surface area contributed by atoms with Gasteiger partial charge in [0.25, 0.3) is 0 Å². The second-order valence-corrected chi connectivity index (χ2v) is 8.20. The highest BCUT2D eigenvalue weighted by Gasteiger charge is 2.17. The second kappa shape index (κ2) is 10.2. The van der Waals surface area contributed by atoms with E-state index in [4.69, 9.17) is 9.15 Å². The summed E-state index contributed by atoms with van der Waals surface area (Å²) < 4.78 is 12.8. The van der Waals surface area contributed by atoms with Gasteiger partial charge in [0.05, 0.1) is 25.7 Å². The van der Waals surface area contributed by atoms with E-state index in [0.717, 1.165) is 22.6 Å². The molecule has 32 heavy (non-hydrogen) atoms. The fraction of sp³-hybridized carbons (Fsp3) is 0.208. The molecule has 1 amide bonds. The van der Waals surface area contributed by atoms with Crippen LogP contribution in [0, 0.1) is 6.92 Å². The first-order chi connectivity index (χ1) is 15.6. The van der Waals surface area contributed by atoms with Gasteiger partial charge in [-0.2, -0.15) is 0 Å². The normalized spacial score (nSPS) is 10.8. The highest BCUT2D eigenvalue weighted by atomic mass is 32.2. The maximum absolute atomic E-state index is 12.4. The summed E-state index contributed by atoms with van der Waals surface area (Å²) in [6.07, 6.45) is 1.64. The lowest BCUT2D eigenvalue weighted by molar-refractivity contribution is -0.118. The van der Waals surface area contributed by atoms with Gasteiger partial charge in [-0.05, 0) is 36.8 Å². The molecule has 7 nitrogen and oxygen atoms in total. The van der Waals surface area contributed by atoms with E-state index in [0.29, 0.717) is 24.1 Å². The van der Waals surface area contributed by atoms with Gasteiger partial charge in [0.1, 0.15) is 11.5 Å². The number of methoxy groups -OCH3 is 1. The number of aryl methyl sites for hydroxylation is 1. The predicted octanol–water partition coefficient (Wildman–Crippen LogP) is 4.31. The summed E-state index contributed by atoms with van der Waals surface area (Å²) in [4.78, 5) is 12.4. The first kappa shape index (κ1) is 21.7. The number of hydrogen-bond acceptors (Lipinski definition) is 6. The van der Waals surface area contributed by atoms with E-state index >= 15 is 0 Å². The minimum atomic E-state index is -0.0638. The van der Waals surface area contributed by atoms with Crippen molar-refractivity contribution in [3.8, 4) is 17.1 Å². The molecule has 2 heterocycles. The monoisotopic (exact) mass is 448 g/mol. The Morgan fingerprint density at radius 3 is 2.72 bits per heavy atom. The third kappa shape index (κ3) is 5.39. The molecule has 8 heteroatoms. The molecule has 2 aromatic carbocycles. The lowest BCUT2D eigenvalue weighted by atomic mass is 10.1. The molecular weight excluding hydrogens is 424 g/mol. The molecule has 0 bridgehead atoms. The molecule has 0 unspecified atom stereocenters. The average Bonchev–Trinajstić information content (AvgIpc) is 3.48. The number of carbonyl (C=O) groups excluding carboxylic acids is 1. The summed E-state index contributed by atoms with van der Waals surface area (Å²) >= 11 is 1.34. The average molecular weight is 449 g/mol. The summed E-state index contributed by atoms with van der Waals surface area (Å²) in [5.41, 5.74) is 3.13. The molecule has 1 N–H and O–H groups in total. The maximum Gasteiger partial charge on any atom is 0.230 e. The smallest absolute Gasteiger partial charge is 0.230 e. The molecule has 0 aliphatic heterocycles. The summed E-state index contributed by atoms with van der Waals surface area (Å²) in [6.45, 7) is 2.99. The first-order valence-electron chi connectivity index (χ1n) is 10.2. The molecule has 0 radical (unpaired) electrons. The van der Waals surface area contributed by atoms with Crippen molar-refractivity contribution in [2.45, 2.75) is 25.2 Å². The van der Waals surface area contributed by atoms with Crippen molar-refractivity contribution < 1.29 is 13.9 Å². The molecule has 0 spiro atoms. The number of rotatable bonds is 9. The topological polar surface area (TPSA) is 82.2 Å². The van der Waals surface area contributed by atoms with Crippen molar-refractivity contribution in [1.82, 2.24) is 20.1 Å². The third-order valence-electron chi connectivity index (χ3n) is 4.88. The molecule has 0 aliphatic rings. The van der Waals surface area contributed by atoms with E-state index in [-0.39, 0.29) is 11.7 Å². The van der Waals surface area contributed by atoms with Gasteiger partial charge in [-0.25, -0.2) is 0 Å². The van der Waals surface area contributed by atoms with Gasteiger partial charge < -0.3 is 14.5 Å². The van der Waals surface area contributed by atoms with Gasteiger partial charge in [0.15, 0.2) is 11.0 Å². The number of nitrogens with one attached hydrogen (secondary N) is 1. The Morgan fingerprint density at radius 1 is 1.12 bits per heavy atom. The third-order valence-corrected chi connectivity index (χ3v) is 5.85. The van der Waals surface area contributed by atoms with Gasteiger partial charge in [-0.3, -0.25) is 9.36 Å². The van der Waals surface area contributed by atoms with Crippen LogP contribution in [0.25, 0.3) is 11.4 Å². The zero-order chi connectivity index (χ0) is 22.3. The zero-order valence-corrected chi connectivity index (χ0v) is 18.8. The Kier molecular flexibility index (Phi) is 6.91. The molecule has 2 aromatic heterocycles. The minimum Gasteiger partial charge on any atom is -0.497 e. The predicted molar refractivity (Wildman–Crippen MR) is 124 cm³/mol. The van der Waals surface area contributed by atoms with Crippen LogP contribution >= 0.6 is 11.8 Å². The molecule has 0 saturated carbocycles. The number of benzene rings is 2. The van der Waals surface area contributed by atoms with Gasteiger partial charge in [-0.15, -0.1) is 10.2 Å². The Bertz CT molecular complexity index is 1170. The number of furan rings is 1. The van der Waals surface area contributed by atoms with Crippen LogP contribution in [0.5, 0.6) is 5.75 Å². The number of amides is 1. The zero-order valence-electron chi connectivity index (χ0n) is 17.9. The fourth-order valence-corrected chi connectivity index (χ4v) is 3.93. The van der Waals surface area contributed by atoms with Crippen LogP contribution < -0.4 is 10.1 Å². The van der Waals surface area contributed by atoms with E-state index < -0.39 is 0 Å². The van der Waals surface area contributed by atoms with E-state index in [1.165, 1.54) is 17.3 Å². The van der Waals surface area contributed by atoms with Crippen LogP contribution in [0.3, 0.4) is 0 Å². The fourth-order valence-electron chi connectivity index (χ4n) is 3.16. The minimum absolute atomic E-state index is 0.0638. The Morgan fingerprint density at radius 2 is 1.97 bits per heavy atom. The summed E-state index contributed by atoms with van der Waals surface area (Å²) in [5.74, 6) is 2.37. The molecule has 4 aromatic rings. The maximum atomic E-state index is 12.4. The molecule has 164 valence electrons. The lowest BCUT2D eigenvalue weighted by Gasteiger charge is -2.10. The standard InChI is InChI=1S/C24H24N4O3S/c1-17-8-10-18(11-9-17)14-25-22(29)16-32-24-27-26-23(19-5-3-6-20(13-19)30-2)28(24)15-21-7-4-12-31-21/h3-13H,14-16H2,1-2H3,(H,25,29). The van der Waals surface area contributed by atoms with Crippen LogP contribution in [-0.2, 0) is 17.9 Å². The number of aromatic nitrogens is 3. The highest BCUT2D eigenvalue weighted by molar-refractivity contribution is 7.99. The van der Waals surface area contributed by atoms with E-state index in [2.05, 4.69) is 15.5 Å². The number of hydrogen-bond donors (Lipinski definition) is 1. The van der Waals surface area contributed by atoms with Gasteiger partial charge >= 0.3 is 0 Å².